The first-order valence-electron chi connectivity index (χ1n) is 3.86. The van der Waals surface area contributed by atoms with Crippen LogP contribution >= 0.6 is 0 Å². The van der Waals surface area contributed by atoms with Crippen LogP contribution in [0.15, 0.2) is 0 Å². The SMILES string of the molecule is O=C(O)C(F)(F)F.OCCONOCCO. The molecule has 4 N–H and O–H groups in total. The molecule has 0 unspecified atom stereocenters. The lowest BCUT2D eigenvalue weighted by molar-refractivity contribution is -0.192. The molecule has 0 saturated carbocycles. The average molecular weight is 251 g/mol. The molecule has 0 rings (SSSR count). The molecule has 98 valence electrons. The zero-order valence-corrected chi connectivity index (χ0v) is 8.03. The summed E-state index contributed by atoms with van der Waals surface area (Å²) in [5.41, 5.74) is 2.07. The number of hydrogen-bond donors (Lipinski definition) is 4. The number of nitrogens with one attached hydrogen (secondary N) is 1. The van der Waals surface area contributed by atoms with Crippen LogP contribution < -0.4 is 5.64 Å². The van der Waals surface area contributed by atoms with Crippen molar-refractivity contribution in [1.29, 1.82) is 0 Å². The molecule has 0 aromatic carbocycles. The largest absolute Gasteiger partial charge is 0.490 e. The minimum Gasteiger partial charge on any atom is -0.475 e. The minimum absolute atomic E-state index is 0.0600. The van der Waals surface area contributed by atoms with Gasteiger partial charge in [-0.3, -0.25) is 9.68 Å². The second kappa shape index (κ2) is 10.6. The van der Waals surface area contributed by atoms with Crippen molar-refractivity contribution in [3.8, 4) is 0 Å². The number of rotatable bonds is 6. The molecule has 0 aliphatic rings. The van der Waals surface area contributed by atoms with E-state index >= 15 is 0 Å². The van der Waals surface area contributed by atoms with Crippen molar-refractivity contribution in [2.75, 3.05) is 26.4 Å². The molecule has 0 heterocycles. The summed E-state index contributed by atoms with van der Waals surface area (Å²) in [6, 6.07) is 0. The Morgan fingerprint density at radius 2 is 1.44 bits per heavy atom. The van der Waals surface area contributed by atoms with Crippen LogP contribution in [0.5, 0.6) is 0 Å². The van der Waals surface area contributed by atoms with Crippen LogP contribution in [0.4, 0.5) is 13.2 Å². The normalized spacial score (nSPS) is 10.6. The van der Waals surface area contributed by atoms with Gasteiger partial charge in [0.15, 0.2) is 0 Å². The fraction of sp³-hybridized carbons (Fsp3) is 0.833. The molecule has 0 fully saturated rings. The van der Waals surface area contributed by atoms with Crippen LogP contribution in [0.2, 0.25) is 0 Å². The summed E-state index contributed by atoms with van der Waals surface area (Å²) in [5.74, 6) is -2.76. The lowest BCUT2D eigenvalue weighted by Gasteiger charge is -2.01. The molecular weight excluding hydrogens is 239 g/mol. The minimum atomic E-state index is -5.08. The van der Waals surface area contributed by atoms with Gasteiger partial charge in [-0.15, -0.1) is 0 Å². The number of carboxylic acids is 1. The molecule has 16 heavy (non-hydrogen) atoms. The fourth-order valence-electron chi connectivity index (χ4n) is 0.216. The van der Waals surface area contributed by atoms with Crippen LogP contribution in [-0.2, 0) is 14.5 Å². The lowest BCUT2D eigenvalue weighted by Crippen LogP contribution is -2.21. The molecule has 0 atom stereocenters. The van der Waals surface area contributed by atoms with Gasteiger partial charge in [-0.2, -0.15) is 13.2 Å². The Morgan fingerprint density at radius 3 is 1.62 bits per heavy atom. The Morgan fingerprint density at radius 1 is 1.12 bits per heavy atom. The maximum absolute atomic E-state index is 10.6. The van der Waals surface area contributed by atoms with Crippen molar-refractivity contribution < 1.29 is 43.0 Å². The average Bonchev–Trinajstić information content (AvgIpc) is 2.17. The smallest absolute Gasteiger partial charge is 0.475 e. The molecule has 10 heteroatoms. The second-order valence-corrected chi connectivity index (χ2v) is 2.03. The molecule has 0 aliphatic heterocycles. The fourth-order valence-corrected chi connectivity index (χ4v) is 0.216. The lowest BCUT2D eigenvalue weighted by atomic mass is 10.7. The van der Waals surface area contributed by atoms with Gasteiger partial charge in [0.1, 0.15) is 0 Å². The monoisotopic (exact) mass is 251 g/mol. The standard InChI is InChI=1S/C4H11NO4.C2HF3O2/c6-1-3-8-5-9-4-2-7;3-2(4,5)1(6)7/h5-7H,1-4H2;(H,6,7). The van der Waals surface area contributed by atoms with E-state index in [4.69, 9.17) is 20.1 Å². The molecule has 0 bridgehead atoms. The van der Waals surface area contributed by atoms with E-state index in [9.17, 15) is 13.2 Å². The first-order chi connectivity index (χ1) is 7.36. The number of carboxylic acid groups (broad SMARTS) is 1. The van der Waals surface area contributed by atoms with E-state index in [1.54, 1.807) is 0 Å². The molecule has 0 saturated heterocycles. The van der Waals surface area contributed by atoms with Crippen LogP contribution in [0.3, 0.4) is 0 Å². The summed E-state index contributed by atoms with van der Waals surface area (Å²) in [5, 5.41) is 23.4. The van der Waals surface area contributed by atoms with Crippen molar-refractivity contribution in [2.24, 2.45) is 0 Å². The number of carbonyl (C=O) groups is 1. The zero-order chi connectivity index (χ0) is 13.0. The zero-order valence-electron chi connectivity index (χ0n) is 8.03. The molecule has 0 amide bonds. The highest BCUT2D eigenvalue weighted by Gasteiger charge is 2.38. The third-order valence-corrected chi connectivity index (χ3v) is 0.747. The van der Waals surface area contributed by atoms with Gasteiger partial charge < -0.3 is 15.3 Å². The number of aliphatic hydroxyl groups excluding tert-OH is 2. The molecule has 0 spiro atoms. The summed E-state index contributed by atoms with van der Waals surface area (Å²) in [6.07, 6.45) is -5.08. The Bertz CT molecular complexity index is 170. The maximum Gasteiger partial charge on any atom is 0.490 e. The molecular formula is C6H12F3NO6. The van der Waals surface area contributed by atoms with Crippen LogP contribution in [0.25, 0.3) is 0 Å². The third-order valence-electron chi connectivity index (χ3n) is 0.747. The number of alkyl halides is 3. The van der Waals surface area contributed by atoms with E-state index < -0.39 is 12.1 Å². The van der Waals surface area contributed by atoms with E-state index in [0.29, 0.717) is 0 Å². The van der Waals surface area contributed by atoms with Crippen molar-refractivity contribution in [2.45, 2.75) is 6.18 Å². The highest BCUT2D eigenvalue weighted by molar-refractivity contribution is 5.73. The second-order valence-electron chi connectivity index (χ2n) is 2.03. The quantitative estimate of drug-likeness (QED) is 0.356. The van der Waals surface area contributed by atoms with E-state index in [-0.39, 0.29) is 26.4 Å². The molecule has 0 aliphatic carbocycles. The molecule has 0 aromatic rings. The number of aliphatic hydroxyl groups is 2. The van der Waals surface area contributed by atoms with Crippen molar-refractivity contribution in [1.82, 2.24) is 5.64 Å². The van der Waals surface area contributed by atoms with Gasteiger partial charge in [0, 0.05) is 0 Å². The molecule has 0 radical (unpaired) electrons. The number of halogens is 3. The molecule has 7 nitrogen and oxygen atoms in total. The summed E-state index contributed by atoms with van der Waals surface area (Å²) in [4.78, 5) is 17.8. The predicted octanol–water partition coefficient (Wildman–Crippen LogP) is -0.943. The molecule has 0 aromatic heterocycles. The van der Waals surface area contributed by atoms with Gasteiger partial charge in [0.2, 0.25) is 0 Å². The van der Waals surface area contributed by atoms with Gasteiger partial charge in [-0.05, 0) is 0 Å². The third kappa shape index (κ3) is 15.5. The predicted molar refractivity (Wildman–Crippen MR) is 42.9 cm³/mol. The Balaban J connectivity index is 0. The Kier molecular flexibility index (Phi) is 11.5. The summed E-state index contributed by atoms with van der Waals surface area (Å²) >= 11 is 0. The number of hydrogen-bond acceptors (Lipinski definition) is 6. The number of aliphatic carboxylic acids is 1. The van der Waals surface area contributed by atoms with Crippen molar-refractivity contribution in [3.63, 3.8) is 0 Å². The topological polar surface area (TPSA) is 108 Å². The Labute approximate surface area is 88.3 Å². The van der Waals surface area contributed by atoms with Crippen LogP contribution in [0, 0.1) is 0 Å². The summed E-state index contributed by atoms with van der Waals surface area (Å²) in [6.45, 7) is 0.224. The summed E-state index contributed by atoms with van der Waals surface area (Å²) in [7, 11) is 0. The van der Waals surface area contributed by atoms with Gasteiger partial charge in [-0.1, -0.05) is 5.64 Å². The van der Waals surface area contributed by atoms with E-state index in [1.807, 2.05) is 0 Å². The van der Waals surface area contributed by atoms with Gasteiger partial charge >= 0.3 is 12.1 Å². The van der Waals surface area contributed by atoms with E-state index in [0.717, 1.165) is 0 Å². The summed E-state index contributed by atoms with van der Waals surface area (Å²) < 4.78 is 31.7. The van der Waals surface area contributed by atoms with Gasteiger partial charge in [0.25, 0.3) is 0 Å². The van der Waals surface area contributed by atoms with E-state index in [2.05, 4.69) is 15.3 Å². The van der Waals surface area contributed by atoms with Gasteiger partial charge in [-0.25, -0.2) is 4.79 Å². The van der Waals surface area contributed by atoms with Crippen LogP contribution in [0.1, 0.15) is 0 Å². The highest BCUT2D eigenvalue weighted by Crippen LogP contribution is 2.13. The Hall–Kier alpha value is -0.940. The van der Waals surface area contributed by atoms with Gasteiger partial charge in [0.05, 0.1) is 26.4 Å². The van der Waals surface area contributed by atoms with Crippen molar-refractivity contribution in [3.05, 3.63) is 0 Å². The van der Waals surface area contributed by atoms with E-state index in [1.165, 1.54) is 0 Å². The maximum atomic E-state index is 10.6. The first-order valence-corrected chi connectivity index (χ1v) is 3.86. The highest BCUT2D eigenvalue weighted by atomic mass is 19.4. The first kappa shape index (κ1) is 17.5. The van der Waals surface area contributed by atoms with Crippen LogP contribution in [-0.4, -0.2) is 53.9 Å². The van der Waals surface area contributed by atoms with Crippen molar-refractivity contribution >= 4 is 5.97 Å².